The van der Waals surface area contributed by atoms with Crippen molar-refractivity contribution in [3.63, 3.8) is 0 Å². The second-order valence-corrected chi connectivity index (χ2v) is 15.6. The summed E-state index contributed by atoms with van der Waals surface area (Å²) in [5.74, 6) is 1.79. The Balaban J connectivity index is 1.15. The highest BCUT2D eigenvalue weighted by atomic mass is 16.3. The number of fused-ring (bicyclic) bond motifs is 12. The minimum Gasteiger partial charge on any atom is -0.456 e. The number of furan rings is 1. The predicted molar refractivity (Wildman–Crippen MR) is 248 cm³/mol. The third-order valence-electron chi connectivity index (χ3n) is 12.2. The first-order chi connectivity index (χ1) is 29.7. The van der Waals surface area contributed by atoms with Crippen LogP contribution in [0.25, 0.3) is 127 Å². The summed E-state index contributed by atoms with van der Waals surface area (Å²) in [6.45, 7) is 0. The highest BCUT2D eigenvalue weighted by Gasteiger charge is 2.23. The number of nitrogens with zero attached hydrogens (tertiary/aromatic N) is 4. The van der Waals surface area contributed by atoms with Gasteiger partial charge in [-0.25, -0.2) is 15.0 Å². The van der Waals surface area contributed by atoms with Crippen molar-refractivity contribution in [2.75, 3.05) is 0 Å². The molecular formula is C55H32N4O. The van der Waals surface area contributed by atoms with E-state index in [4.69, 9.17) is 19.4 Å². The second-order valence-electron chi connectivity index (χ2n) is 15.6. The Morgan fingerprint density at radius 2 is 0.950 bits per heavy atom. The van der Waals surface area contributed by atoms with E-state index in [1.807, 2.05) is 18.2 Å². The molecule has 0 aliphatic carbocycles. The molecule has 0 atom stereocenters. The standard InChI is InChI=1S/C55H32N4O/c1-2-14-35(15-3-1)53-56-54(39-24-26-41-38(28-39)23-22-33-12-6-8-18-40(33)41)58-55(57-53)45-31-46-51(60-50-27-25-34-13-7-9-19-42(34)52(46)50)32-49(45)59-47-21-11-10-20-43(47)44-29-36-16-4-5-17-37(36)30-48(44)59/h1-32H. The van der Waals surface area contributed by atoms with Crippen molar-refractivity contribution < 1.29 is 4.42 Å². The van der Waals surface area contributed by atoms with Gasteiger partial charge in [0.25, 0.3) is 0 Å². The van der Waals surface area contributed by atoms with Crippen molar-refractivity contribution >= 4 is 86.8 Å². The zero-order valence-corrected chi connectivity index (χ0v) is 32.2. The quantitative estimate of drug-likeness (QED) is 0.167. The molecule has 0 aliphatic heterocycles. The fourth-order valence-electron chi connectivity index (χ4n) is 9.35. The molecule has 0 N–H and O–H groups in total. The highest BCUT2D eigenvalue weighted by molar-refractivity contribution is 6.20. The Labute approximate surface area is 343 Å². The topological polar surface area (TPSA) is 56.7 Å². The van der Waals surface area contributed by atoms with Crippen LogP contribution in [0.5, 0.6) is 0 Å². The van der Waals surface area contributed by atoms with E-state index in [9.17, 15) is 0 Å². The summed E-state index contributed by atoms with van der Waals surface area (Å²) in [5, 5.41) is 13.9. The lowest BCUT2D eigenvalue weighted by Gasteiger charge is -2.15. The van der Waals surface area contributed by atoms with Gasteiger partial charge in [-0.2, -0.15) is 0 Å². The van der Waals surface area contributed by atoms with Crippen molar-refractivity contribution in [2.45, 2.75) is 0 Å². The summed E-state index contributed by atoms with van der Waals surface area (Å²) in [4.78, 5) is 16.0. The predicted octanol–water partition coefficient (Wildman–Crippen LogP) is 14.5. The third kappa shape index (κ3) is 4.96. The van der Waals surface area contributed by atoms with Gasteiger partial charge in [0, 0.05) is 44.3 Å². The number of aromatic nitrogens is 4. The van der Waals surface area contributed by atoms with Crippen LogP contribution in [-0.4, -0.2) is 19.5 Å². The van der Waals surface area contributed by atoms with Gasteiger partial charge in [-0.15, -0.1) is 0 Å². The summed E-state index contributed by atoms with van der Waals surface area (Å²) in [5.41, 5.74) is 7.45. The highest BCUT2D eigenvalue weighted by Crippen LogP contribution is 2.43. The first kappa shape index (κ1) is 32.9. The molecule has 10 aromatic carbocycles. The lowest BCUT2D eigenvalue weighted by atomic mass is 10.00. The SMILES string of the molecule is c1ccc(-c2nc(-c3ccc4c(ccc5ccccc54)c3)nc(-c3cc4c(cc3-n3c5ccccc5c5cc6ccccc6cc53)oc3ccc5ccccc5c34)n2)cc1. The molecule has 0 spiro atoms. The van der Waals surface area contributed by atoms with Crippen molar-refractivity contribution in [2.24, 2.45) is 0 Å². The van der Waals surface area contributed by atoms with Gasteiger partial charge in [-0.1, -0.05) is 152 Å². The van der Waals surface area contributed by atoms with Gasteiger partial charge in [0.1, 0.15) is 11.2 Å². The fourth-order valence-corrected chi connectivity index (χ4v) is 9.35. The Kier molecular flexibility index (Phi) is 6.95. The van der Waals surface area contributed by atoms with Gasteiger partial charge in [0.2, 0.25) is 0 Å². The van der Waals surface area contributed by atoms with Crippen molar-refractivity contribution in [1.82, 2.24) is 19.5 Å². The van der Waals surface area contributed by atoms with Crippen molar-refractivity contribution in [3.05, 3.63) is 194 Å². The van der Waals surface area contributed by atoms with Crippen LogP contribution in [0.15, 0.2) is 199 Å². The molecule has 0 amide bonds. The van der Waals surface area contributed by atoms with E-state index < -0.39 is 0 Å². The van der Waals surface area contributed by atoms with Crippen molar-refractivity contribution in [3.8, 4) is 39.9 Å². The van der Waals surface area contributed by atoms with E-state index in [0.29, 0.717) is 17.5 Å². The summed E-state index contributed by atoms with van der Waals surface area (Å²) < 4.78 is 9.14. The summed E-state index contributed by atoms with van der Waals surface area (Å²) in [6, 6.07) is 68.6. The summed E-state index contributed by atoms with van der Waals surface area (Å²) >= 11 is 0. The molecule has 0 saturated carbocycles. The van der Waals surface area contributed by atoms with E-state index in [1.54, 1.807) is 0 Å². The third-order valence-corrected chi connectivity index (χ3v) is 12.2. The molecule has 60 heavy (non-hydrogen) atoms. The zero-order valence-electron chi connectivity index (χ0n) is 32.2. The first-order valence-electron chi connectivity index (χ1n) is 20.3. The maximum atomic E-state index is 6.78. The lowest BCUT2D eigenvalue weighted by molar-refractivity contribution is 0.669. The van der Waals surface area contributed by atoms with Gasteiger partial charge in [-0.3, -0.25) is 0 Å². The minimum atomic E-state index is 0.579. The van der Waals surface area contributed by atoms with Crippen LogP contribution in [-0.2, 0) is 0 Å². The molecule has 0 radical (unpaired) electrons. The number of benzene rings is 10. The molecule has 278 valence electrons. The summed E-state index contributed by atoms with van der Waals surface area (Å²) in [7, 11) is 0. The Bertz CT molecular complexity index is 3900. The fraction of sp³-hybridized carbons (Fsp3) is 0. The van der Waals surface area contributed by atoms with Crippen LogP contribution in [0, 0.1) is 0 Å². The van der Waals surface area contributed by atoms with Crippen LogP contribution in [0.4, 0.5) is 0 Å². The minimum absolute atomic E-state index is 0.579. The first-order valence-corrected chi connectivity index (χ1v) is 20.3. The normalized spacial score (nSPS) is 12.0. The van der Waals surface area contributed by atoms with Gasteiger partial charge >= 0.3 is 0 Å². The second kappa shape index (κ2) is 12.7. The molecule has 0 fully saturated rings. The molecule has 3 aromatic heterocycles. The van der Waals surface area contributed by atoms with E-state index in [1.165, 1.54) is 37.7 Å². The Hall–Kier alpha value is -8.15. The van der Waals surface area contributed by atoms with Crippen LogP contribution in [0.1, 0.15) is 0 Å². The van der Waals surface area contributed by atoms with E-state index in [-0.39, 0.29) is 0 Å². The molecule has 0 bridgehead atoms. The number of rotatable bonds is 4. The van der Waals surface area contributed by atoms with Crippen LogP contribution < -0.4 is 0 Å². The largest absolute Gasteiger partial charge is 0.456 e. The zero-order chi connectivity index (χ0) is 39.3. The molecule has 5 nitrogen and oxygen atoms in total. The van der Waals surface area contributed by atoms with Gasteiger partial charge in [-0.05, 0) is 79.5 Å². The molecule has 0 aliphatic rings. The molecular weight excluding hydrogens is 733 g/mol. The van der Waals surface area contributed by atoms with Crippen molar-refractivity contribution in [1.29, 1.82) is 0 Å². The van der Waals surface area contributed by atoms with Crippen LogP contribution in [0.3, 0.4) is 0 Å². The Morgan fingerprint density at radius 3 is 1.78 bits per heavy atom. The Morgan fingerprint density at radius 1 is 0.333 bits per heavy atom. The summed E-state index contributed by atoms with van der Waals surface area (Å²) in [6.07, 6.45) is 0. The maximum Gasteiger partial charge on any atom is 0.166 e. The smallest absolute Gasteiger partial charge is 0.166 e. The van der Waals surface area contributed by atoms with E-state index in [2.05, 4.69) is 180 Å². The molecule has 13 aromatic rings. The van der Waals surface area contributed by atoms with Crippen LogP contribution >= 0.6 is 0 Å². The molecule has 5 heteroatoms. The van der Waals surface area contributed by atoms with Gasteiger partial charge in [0.15, 0.2) is 17.5 Å². The van der Waals surface area contributed by atoms with E-state index >= 15 is 0 Å². The number of para-hydroxylation sites is 1. The molecule has 0 unspecified atom stereocenters. The molecule has 0 saturated heterocycles. The van der Waals surface area contributed by atoms with Crippen LogP contribution in [0.2, 0.25) is 0 Å². The molecule has 3 heterocycles. The van der Waals surface area contributed by atoms with Gasteiger partial charge in [0.05, 0.1) is 16.7 Å². The molecule has 13 rings (SSSR count). The average molecular weight is 765 g/mol. The maximum absolute atomic E-state index is 6.78. The average Bonchev–Trinajstić information content (AvgIpc) is 3.85. The van der Waals surface area contributed by atoms with E-state index in [0.717, 1.165) is 71.5 Å². The monoisotopic (exact) mass is 764 g/mol. The number of hydrogen-bond acceptors (Lipinski definition) is 4. The number of hydrogen-bond donors (Lipinski definition) is 0. The van der Waals surface area contributed by atoms with Gasteiger partial charge < -0.3 is 8.98 Å². The lowest BCUT2D eigenvalue weighted by Crippen LogP contribution is -2.04.